The van der Waals surface area contributed by atoms with E-state index in [1.807, 2.05) is 35.8 Å². The summed E-state index contributed by atoms with van der Waals surface area (Å²) in [6.45, 7) is 4.90. The summed E-state index contributed by atoms with van der Waals surface area (Å²) in [4.78, 5) is 41.6. The molecule has 3 aliphatic rings. The number of rotatable bonds is 4. The summed E-state index contributed by atoms with van der Waals surface area (Å²) < 4.78 is 6.98. The molecule has 2 N–H and O–H groups in total. The second kappa shape index (κ2) is 7.51. The molecule has 3 aliphatic heterocycles. The van der Waals surface area contributed by atoms with Crippen molar-refractivity contribution in [3.05, 3.63) is 42.0 Å². The average Bonchev–Trinajstić information content (AvgIpc) is 3.32. The lowest BCUT2D eigenvalue weighted by atomic mass is 9.73. The average molecular weight is 447 g/mol. The monoisotopic (exact) mass is 447 g/mol. The van der Waals surface area contributed by atoms with Gasteiger partial charge in [-0.15, -0.1) is 0 Å². The number of amides is 2. The summed E-state index contributed by atoms with van der Waals surface area (Å²) in [7, 11) is 0. The molecule has 0 bridgehead atoms. The number of para-hydroxylation sites is 1. The number of aryl methyl sites for hydroxylation is 1. The van der Waals surface area contributed by atoms with E-state index in [2.05, 4.69) is 30.5 Å². The van der Waals surface area contributed by atoms with Crippen molar-refractivity contribution >= 4 is 34.5 Å². The number of hydrogen-bond donors (Lipinski definition) is 2. The summed E-state index contributed by atoms with van der Waals surface area (Å²) >= 11 is 0. The van der Waals surface area contributed by atoms with E-state index in [0.717, 1.165) is 11.3 Å². The molecule has 2 amide bonds. The van der Waals surface area contributed by atoms with Crippen LogP contribution in [-0.2, 0) is 21.5 Å². The van der Waals surface area contributed by atoms with Crippen LogP contribution in [0.3, 0.4) is 0 Å². The first-order valence-corrected chi connectivity index (χ1v) is 11.4. The molecule has 0 aliphatic carbocycles. The van der Waals surface area contributed by atoms with E-state index in [-0.39, 0.29) is 17.9 Å². The summed E-state index contributed by atoms with van der Waals surface area (Å²) in [6.07, 6.45) is 2.89. The van der Waals surface area contributed by atoms with Gasteiger partial charge in [0.05, 0.1) is 24.7 Å². The number of carbonyl (C=O) groups is 2. The number of carbonyl (C=O) groups excluding carboxylic acids is 2. The van der Waals surface area contributed by atoms with Crippen molar-refractivity contribution in [2.24, 2.45) is 0 Å². The van der Waals surface area contributed by atoms with Crippen LogP contribution in [0.4, 0.5) is 11.5 Å². The molecule has 3 aromatic rings. The molecule has 0 radical (unpaired) electrons. The van der Waals surface area contributed by atoms with Gasteiger partial charge in [0.2, 0.25) is 11.7 Å². The highest BCUT2D eigenvalue weighted by Gasteiger charge is 2.48. The minimum Gasteiger partial charge on any atom is -0.377 e. The number of aromatic nitrogens is 4. The highest BCUT2D eigenvalue weighted by atomic mass is 16.5. The molecular formula is C23H25N7O3. The van der Waals surface area contributed by atoms with Gasteiger partial charge in [-0.1, -0.05) is 18.2 Å². The van der Waals surface area contributed by atoms with Gasteiger partial charge in [-0.3, -0.25) is 9.59 Å². The molecule has 5 heterocycles. The highest BCUT2D eigenvalue weighted by molar-refractivity contribution is 6.06. The number of anilines is 2. The molecule has 2 saturated heterocycles. The number of piperidine rings is 1. The maximum absolute atomic E-state index is 12.9. The number of ether oxygens (including phenoxy) is 1. The lowest BCUT2D eigenvalue weighted by molar-refractivity contribution is -0.121. The van der Waals surface area contributed by atoms with Crippen molar-refractivity contribution < 1.29 is 14.3 Å². The molecule has 0 unspecified atom stereocenters. The van der Waals surface area contributed by atoms with E-state index < -0.39 is 5.41 Å². The Morgan fingerprint density at radius 1 is 1.24 bits per heavy atom. The number of benzene rings is 1. The number of nitrogens with zero attached hydrogens (tertiary/aromatic N) is 5. The number of imidazole rings is 1. The Morgan fingerprint density at radius 3 is 2.76 bits per heavy atom. The van der Waals surface area contributed by atoms with Gasteiger partial charge in [0.15, 0.2) is 17.0 Å². The zero-order chi connectivity index (χ0) is 22.6. The molecule has 0 atom stereocenters. The van der Waals surface area contributed by atoms with Crippen molar-refractivity contribution in [2.75, 3.05) is 36.5 Å². The van der Waals surface area contributed by atoms with Gasteiger partial charge in [0.1, 0.15) is 6.33 Å². The van der Waals surface area contributed by atoms with E-state index in [1.54, 1.807) is 0 Å². The predicted molar refractivity (Wildman–Crippen MR) is 121 cm³/mol. The first-order chi connectivity index (χ1) is 16.1. The Labute approximate surface area is 190 Å². The normalized spacial score (nSPS) is 19.4. The van der Waals surface area contributed by atoms with Gasteiger partial charge in [0, 0.05) is 25.3 Å². The third-order valence-corrected chi connectivity index (χ3v) is 7.05. The third kappa shape index (κ3) is 3.01. The van der Waals surface area contributed by atoms with E-state index in [4.69, 9.17) is 4.74 Å². The van der Waals surface area contributed by atoms with Gasteiger partial charge in [-0.2, -0.15) is 0 Å². The van der Waals surface area contributed by atoms with E-state index in [9.17, 15) is 9.59 Å². The largest absolute Gasteiger partial charge is 0.377 e. The summed E-state index contributed by atoms with van der Waals surface area (Å²) in [5.74, 6) is 0.879. The molecule has 2 aromatic heterocycles. The van der Waals surface area contributed by atoms with Crippen LogP contribution in [-0.4, -0.2) is 63.7 Å². The molecule has 33 heavy (non-hydrogen) atoms. The van der Waals surface area contributed by atoms with Gasteiger partial charge in [0.25, 0.3) is 5.91 Å². The summed E-state index contributed by atoms with van der Waals surface area (Å²) in [5.41, 5.74) is 2.74. The van der Waals surface area contributed by atoms with Crippen LogP contribution in [0.25, 0.3) is 11.2 Å². The fourth-order valence-electron chi connectivity index (χ4n) is 5.17. The van der Waals surface area contributed by atoms with Crippen molar-refractivity contribution in [2.45, 2.75) is 37.8 Å². The molecule has 6 rings (SSSR count). The van der Waals surface area contributed by atoms with Crippen LogP contribution >= 0.6 is 0 Å². The van der Waals surface area contributed by atoms with Crippen LogP contribution < -0.4 is 15.5 Å². The Bertz CT molecular complexity index is 1260. The number of nitrogens with one attached hydrogen (secondary N) is 2. The third-order valence-electron chi connectivity index (χ3n) is 7.05. The lowest BCUT2D eigenvalue weighted by Crippen LogP contribution is -2.49. The number of fused-ring (bicyclic) bond motifs is 3. The van der Waals surface area contributed by atoms with Crippen LogP contribution in [0.1, 0.15) is 35.9 Å². The minimum absolute atomic E-state index is 0.0203. The molecule has 10 heteroatoms. The summed E-state index contributed by atoms with van der Waals surface area (Å²) in [6, 6.07) is 7.96. The fraction of sp³-hybridized carbons (Fsp3) is 0.435. The van der Waals surface area contributed by atoms with Crippen LogP contribution in [0.15, 0.2) is 30.6 Å². The van der Waals surface area contributed by atoms with Crippen molar-refractivity contribution in [1.29, 1.82) is 0 Å². The van der Waals surface area contributed by atoms with Crippen molar-refractivity contribution in [3.63, 3.8) is 0 Å². The molecule has 0 saturated carbocycles. The van der Waals surface area contributed by atoms with Gasteiger partial charge < -0.3 is 24.8 Å². The Kier molecular flexibility index (Phi) is 4.58. The van der Waals surface area contributed by atoms with E-state index >= 15 is 0 Å². The minimum atomic E-state index is -0.502. The Balaban J connectivity index is 1.31. The molecule has 10 nitrogen and oxygen atoms in total. The quantitative estimate of drug-likeness (QED) is 0.622. The first kappa shape index (κ1) is 20.1. The van der Waals surface area contributed by atoms with Gasteiger partial charge >= 0.3 is 0 Å². The van der Waals surface area contributed by atoms with E-state index in [0.29, 0.717) is 68.5 Å². The van der Waals surface area contributed by atoms with Crippen LogP contribution in [0, 0.1) is 0 Å². The van der Waals surface area contributed by atoms with Gasteiger partial charge in [-0.25, -0.2) is 15.0 Å². The van der Waals surface area contributed by atoms with Crippen LogP contribution in [0.5, 0.6) is 0 Å². The lowest BCUT2D eigenvalue weighted by Gasteiger charge is -2.38. The molecule has 1 aromatic carbocycles. The fourth-order valence-corrected chi connectivity index (χ4v) is 5.17. The van der Waals surface area contributed by atoms with Gasteiger partial charge in [-0.05, 0) is 31.4 Å². The highest BCUT2D eigenvalue weighted by Crippen LogP contribution is 2.45. The zero-order valence-corrected chi connectivity index (χ0v) is 18.4. The summed E-state index contributed by atoms with van der Waals surface area (Å²) in [5, 5.41) is 6.01. The van der Waals surface area contributed by atoms with Crippen LogP contribution in [0.2, 0.25) is 0 Å². The Hall–Kier alpha value is -3.53. The predicted octanol–water partition coefficient (Wildman–Crippen LogP) is 1.47. The molecular weight excluding hydrogens is 422 g/mol. The maximum atomic E-state index is 12.9. The standard InChI is InChI=1S/C23H25N7O3/c1-2-30-19-17(28-20(30)21(31)26-14-11-33-12-14)18(24-13-25-19)29-9-7-23(8-10-29)15-5-3-4-6-16(15)27-22(23)32/h3-6,13-14H,2,7-12H2,1H3,(H,26,31)(H,27,32). The second-order valence-electron chi connectivity index (χ2n) is 8.83. The maximum Gasteiger partial charge on any atom is 0.287 e. The SMILES string of the molecule is CCn1c(C(=O)NC2COC2)nc2c(N3CCC4(CC3)C(=O)Nc3ccccc34)ncnc21. The molecule has 2 fully saturated rings. The topological polar surface area (TPSA) is 114 Å². The zero-order valence-electron chi connectivity index (χ0n) is 18.4. The Morgan fingerprint density at radius 2 is 2.03 bits per heavy atom. The molecule has 170 valence electrons. The smallest absolute Gasteiger partial charge is 0.287 e. The second-order valence-corrected chi connectivity index (χ2v) is 8.83. The van der Waals surface area contributed by atoms with Crippen molar-refractivity contribution in [3.8, 4) is 0 Å². The van der Waals surface area contributed by atoms with Crippen molar-refractivity contribution in [1.82, 2.24) is 24.8 Å². The molecule has 1 spiro atoms. The first-order valence-electron chi connectivity index (χ1n) is 11.4. The number of hydrogen-bond acceptors (Lipinski definition) is 7. The van der Waals surface area contributed by atoms with E-state index in [1.165, 1.54) is 6.33 Å².